The Morgan fingerprint density at radius 2 is 1.64 bits per heavy atom. The van der Waals surface area contributed by atoms with Crippen LogP contribution in [0.3, 0.4) is 0 Å². The molecule has 0 aliphatic carbocycles. The standard InChI is InChI=1S/C20H19NO/c1-4-15-12-17-16-10-5-6-11-18(16)22-20(17)21(15)19-13(2)8-7-9-14(19)3/h5-12H,4H2,1-3H3. The molecule has 2 aromatic carbocycles. The summed E-state index contributed by atoms with van der Waals surface area (Å²) < 4.78 is 8.49. The monoisotopic (exact) mass is 289 g/mol. The molecule has 0 aliphatic rings. The Hall–Kier alpha value is -2.48. The van der Waals surface area contributed by atoms with Crippen molar-refractivity contribution < 1.29 is 4.42 Å². The number of hydrogen-bond donors (Lipinski definition) is 0. The van der Waals surface area contributed by atoms with Gasteiger partial charge in [-0.05, 0) is 43.5 Å². The molecular formula is C20H19NO. The van der Waals surface area contributed by atoms with Crippen LogP contribution < -0.4 is 0 Å². The highest BCUT2D eigenvalue weighted by Gasteiger charge is 2.18. The maximum Gasteiger partial charge on any atom is 0.212 e. The Morgan fingerprint density at radius 3 is 2.36 bits per heavy atom. The van der Waals surface area contributed by atoms with Gasteiger partial charge in [0, 0.05) is 16.5 Å². The zero-order valence-corrected chi connectivity index (χ0v) is 13.2. The largest absolute Gasteiger partial charge is 0.439 e. The lowest BCUT2D eigenvalue weighted by atomic mass is 10.1. The van der Waals surface area contributed by atoms with Crippen LogP contribution in [0.25, 0.3) is 27.8 Å². The molecule has 22 heavy (non-hydrogen) atoms. The summed E-state index contributed by atoms with van der Waals surface area (Å²) in [5, 5.41) is 2.40. The molecule has 0 unspecified atom stereocenters. The topological polar surface area (TPSA) is 18.1 Å². The number of benzene rings is 2. The fourth-order valence-electron chi connectivity index (χ4n) is 3.38. The van der Waals surface area contributed by atoms with E-state index in [0.717, 1.165) is 17.7 Å². The molecule has 2 heteroatoms. The summed E-state index contributed by atoms with van der Waals surface area (Å²) in [4.78, 5) is 0. The first-order valence-corrected chi connectivity index (χ1v) is 7.79. The van der Waals surface area contributed by atoms with Crippen LogP contribution in [0.1, 0.15) is 23.7 Å². The third-order valence-corrected chi connectivity index (χ3v) is 4.44. The van der Waals surface area contributed by atoms with Gasteiger partial charge in [-0.3, -0.25) is 4.57 Å². The summed E-state index contributed by atoms with van der Waals surface area (Å²) in [5.41, 5.74) is 6.98. The number of aryl methyl sites for hydroxylation is 3. The molecule has 4 aromatic rings. The SMILES string of the molecule is CCc1cc2c3ccccc3oc2n1-c1c(C)cccc1C. The van der Waals surface area contributed by atoms with E-state index < -0.39 is 0 Å². The number of fused-ring (bicyclic) bond motifs is 3. The smallest absolute Gasteiger partial charge is 0.212 e. The summed E-state index contributed by atoms with van der Waals surface area (Å²) in [5.74, 6) is 0. The van der Waals surface area contributed by atoms with Crippen molar-refractivity contribution in [1.82, 2.24) is 4.57 Å². The molecule has 0 saturated carbocycles. The average Bonchev–Trinajstić information content (AvgIpc) is 3.03. The molecule has 0 aliphatic heterocycles. The summed E-state index contributed by atoms with van der Waals surface area (Å²) in [7, 11) is 0. The number of rotatable bonds is 2. The lowest BCUT2D eigenvalue weighted by Crippen LogP contribution is -2.03. The minimum Gasteiger partial charge on any atom is -0.439 e. The minimum absolute atomic E-state index is 0.954. The molecule has 2 aromatic heterocycles. The first-order chi connectivity index (χ1) is 10.7. The summed E-state index contributed by atoms with van der Waals surface area (Å²) in [6, 6.07) is 17.0. The van der Waals surface area contributed by atoms with E-state index in [-0.39, 0.29) is 0 Å². The lowest BCUT2D eigenvalue weighted by molar-refractivity contribution is 0.637. The van der Waals surface area contributed by atoms with Crippen LogP contribution in [-0.4, -0.2) is 4.57 Å². The second-order valence-electron chi connectivity index (χ2n) is 5.88. The molecule has 0 N–H and O–H groups in total. The lowest BCUT2D eigenvalue weighted by Gasteiger charge is -2.14. The van der Waals surface area contributed by atoms with Gasteiger partial charge >= 0.3 is 0 Å². The van der Waals surface area contributed by atoms with Gasteiger partial charge in [-0.2, -0.15) is 0 Å². The Labute approximate surface area is 130 Å². The van der Waals surface area contributed by atoms with Crippen molar-refractivity contribution in [3.63, 3.8) is 0 Å². The van der Waals surface area contributed by atoms with Crippen molar-refractivity contribution in [3.8, 4) is 5.69 Å². The molecule has 0 amide bonds. The van der Waals surface area contributed by atoms with Crippen molar-refractivity contribution in [3.05, 3.63) is 65.4 Å². The third kappa shape index (κ3) is 1.73. The predicted octanol–water partition coefficient (Wildman–Crippen LogP) is 5.56. The van der Waals surface area contributed by atoms with Crippen LogP contribution in [0.5, 0.6) is 0 Å². The van der Waals surface area contributed by atoms with Crippen molar-refractivity contribution in [2.24, 2.45) is 0 Å². The van der Waals surface area contributed by atoms with E-state index in [1.54, 1.807) is 0 Å². The second kappa shape index (κ2) is 4.77. The summed E-state index contributed by atoms with van der Waals surface area (Å²) in [6.07, 6.45) is 0.978. The van der Waals surface area contributed by atoms with E-state index in [0.29, 0.717) is 0 Å². The molecule has 4 rings (SSSR count). The molecule has 0 bridgehead atoms. The second-order valence-corrected chi connectivity index (χ2v) is 5.88. The summed E-state index contributed by atoms with van der Waals surface area (Å²) >= 11 is 0. The molecule has 110 valence electrons. The highest BCUT2D eigenvalue weighted by atomic mass is 16.3. The molecule has 2 heterocycles. The Kier molecular flexibility index (Phi) is 2.86. The highest BCUT2D eigenvalue weighted by molar-refractivity contribution is 6.05. The first-order valence-electron chi connectivity index (χ1n) is 7.79. The van der Waals surface area contributed by atoms with Crippen LogP contribution in [0, 0.1) is 13.8 Å². The van der Waals surface area contributed by atoms with Crippen molar-refractivity contribution in [2.45, 2.75) is 27.2 Å². The van der Waals surface area contributed by atoms with Crippen LogP contribution in [0.2, 0.25) is 0 Å². The number of aromatic nitrogens is 1. The fraction of sp³-hybridized carbons (Fsp3) is 0.200. The van der Waals surface area contributed by atoms with Gasteiger partial charge in [0.25, 0.3) is 0 Å². The van der Waals surface area contributed by atoms with E-state index in [4.69, 9.17) is 4.42 Å². The van der Waals surface area contributed by atoms with Crippen molar-refractivity contribution >= 4 is 22.1 Å². The van der Waals surface area contributed by atoms with Crippen LogP contribution >= 0.6 is 0 Å². The maximum absolute atomic E-state index is 6.19. The molecule has 0 saturated heterocycles. The Morgan fingerprint density at radius 1 is 0.909 bits per heavy atom. The minimum atomic E-state index is 0.954. The van der Waals surface area contributed by atoms with E-state index in [1.807, 2.05) is 12.1 Å². The van der Waals surface area contributed by atoms with E-state index in [1.165, 1.54) is 33.3 Å². The molecule has 2 nitrogen and oxygen atoms in total. The number of furan rings is 1. The van der Waals surface area contributed by atoms with E-state index in [9.17, 15) is 0 Å². The Balaban J connectivity index is 2.16. The third-order valence-electron chi connectivity index (χ3n) is 4.44. The van der Waals surface area contributed by atoms with Crippen molar-refractivity contribution in [2.75, 3.05) is 0 Å². The zero-order chi connectivity index (χ0) is 15.3. The number of nitrogens with zero attached hydrogens (tertiary/aromatic N) is 1. The first kappa shape index (κ1) is 13.2. The van der Waals surface area contributed by atoms with Gasteiger partial charge in [-0.15, -0.1) is 0 Å². The quantitative estimate of drug-likeness (QED) is 0.472. The van der Waals surface area contributed by atoms with Crippen LogP contribution in [0.15, 0.2) is 52.9 Å². The predicted molar refractivity (Wildman–Crippen MR) is 91.9 cm³/mol. The van der Waals surface area contributed by atoms with Gasteiger partial charge in [0.1, 0.15) is 5.58 Å². The van der Waals surface area contributed by atoms with Crippen molar-refractivity contribution in [1.29, 1.82) is 0 Å². The molecule has 0 spiro atoms. The molecule has 0 fully saturated rings. The molecular weight excluding hydrogens is 270 g/mol. The molecule has 0 atom stereocenters. The van der Waals surface area contributed by atoms with Crippen LogP contribution in [-0.2, 0) is 6.42 Å². The maximum atomic E-state index is 6.19. The van der Waals surface area contributed by atoms with Gasteiger partial charge in [0.2, 0.25) is 5.71 Å². The number of para-hydroxylation sites is 2. The van der Waals surface area contributed by atoms with Crippen LogP contribution in [0.4, 0.5) is 0 Å². The summed E-state index contributed by atoms with van der Waals surface area (Å²) in [6.45, 7) is 6.52. The van der Waals surface area contributed by atoms with Gasteiger partial charge < -0.3 is 4.42 Å². The average molecular weight is 289 g/mol. The zero-order valence-electron chi connectivity index (χ0n) is 13.2. The van der Waals surface area contributed by atoms with Gasteiger partial charge in [-0.1, -0.05) is 43.3 Å². The van der Waals surface area contributed by atoms with Gasteiger partial charge in [0.05, 0.1) is 5.69 Å². The fourth-order valence-corrected chi connectivity index (χ4v) is 3.38. The normalized spacial score (nSPS) is 11.6. The van der Waals surface area contributed by atoms with Gasteiger partial charge in [0.15, 0.2) is 0 Å². The van der Waals surface area contributed by atoms with E-state index in [2.05, 4.69) is 61.7 Å². The van der Waals surface area contributed by atoms with Gasteiger partial charge in [-0.25, -0.2) is 0 Å². The highest BCUT2D eigenvalue weighted by Crippen LogP contribution is 2.35. The Bertz CT molecular complexity index is 967. The van der Waals surface area contributed by atoms with E-state index >= 15 is 0 Å². The number of hydrogen-bond acceptors (Lipinski definition) is 1. The molecule has 0 radical (unpaired) electrons.